The number of ether oxygens (including phenoxy) is 1. The molecule has 0 aromatic heterocycles. The summed E-state index contributed by atoms with van der Waals surface area (Å²) >= 11 is 1.12. The third kappa shape index (κ3) is 7.52. The first kappa shape index (κ1) is 25.3. The van der Waals surface area contributed by atoms with Crippen LogP contribution in [0.5, 0.6) is 0 Å². The van der Waals surface area contributed by atoms with E-state index in [0.29, 0.717) is 0 Å². The Hall–Kier alpha value is -0.670. The monoisotopic (exact) mass is 414 g/mol. The highest BCUT2D eigenvalue weighted by molar-refractivity contribution is 8.00. The minimum absolute atomic E-state index is 0.0190. The standard InChI is InChI=1S/C16H25F7O2S/c1-10(2)9-25-13(24)12(11(3)4)26-8-6-5-7-14(17,18)15(19,20)16(21,22)23/h10-12H,5-9H2,1-4H3. The van der Waals surface area contributed by atoms with Gasteiger partial charge in [0, 0.05) is 6.42 Å². The van der Waals surface area contributed by atoms with Crippen LogP contribution in [0.2, 0.25) is 0 Å². The number of unbranched alkanes of at least 4 members (excludes halogenated alkanes) is 1. The first-order chi connectivity index (χ1) is 11.6. The molecule has 0 rings (SSSR count). The second-order valence-corrected chi connectivity index (χ2v) is 8.04. The average Bonchev–Trinajstić information content (AvgIpc) is 2.46. The number of esters is 1. The molecule has 0 saturated heterocycles. The molecule has 156 valence electrons. The fraction of sp³-hybridized carbons (Fsp3) is 0.938. The van der Waals surface area contributed by atoms with E-state index >= 15 is 0 Å². The van der Waals surface area contributed by atoms with Gasteiger partial charge in [-0.3, -0.25) is 4.79 Å². The second-order valence-electron chi connectivity index (χ2n) is 6.79. The predicted octanol–water partition coefficient (Wildman–Crippen LogP) is 5.95. The van der Waals surface area contributed by atoms with Crippen molar-refractivity contribution in [2.24, 2.45) is 11.8 Å². The van der Waals surface area contributed by atoms with E-state index in [2.05, 4.69) is 0 Å². The third-order valence-electron chi connectivity index (χ3n) is 3.39. The molecule has 0 radical (unpaired) electrons. The van der Waals surface area contributed by atoms with Gasteiger partial charge in [-0.25, -0.2) is 0 Å². The molecule has 1 atom stereocenters. The Morgan fingerprint density at radius 3 is 1.92 bits per heavy atom. The number of thioether (sulfide) groups is 1. The van der Waals surface area contributed by atoms with Crippen molar-refractivity contribution in [1.82, 2.24) is 0 Å². The lowest BCUT2D eigenvalue weighted by molar-refractivity contribution is -0.355. The van der Waals surface area contributed by atoms with E-state index in [9.17, 15) is 35.5 Å². The molecule has 0 aliphatic heterocycles. The van der Waals surface area contributed by atoms with Crippen molar-refractivity contribution in [3.63, 3.8) is 0 Å². The summed E-state index contributed by atoms with van der Waals surface area (Å²) in [5.41, 5.74) is 0. The van der Waals surface area contributed by atoms with Crippen LogP contribution in [0.15, 0.2) is 0 Å². The van der Waals surface area contributed by atoms with Gasteiger partial charge in [0.15, 0.2) is 0 Å². The fourth-order valence-corrected chi connectivity index (χ4v) is 3.10. The molecule has 0 aromatic rings. The van der Waals surface area contributed by atoms with Crippen LogP contribution in [0.1, 0.15) is 47.0 Å². The smallest absolute Gasteiger partial charge is 0.459 e. The van der Waals surface area contributed by atoms with Gasteiger partial charge in [-0.1, -0.05) is 27.7 Å². The first-order valence-corrected chi connectivity index (χ1v) is 9.29. The molecule has 0 aliphatic rings. The van der Waals surface area contributed by atoms with Gasteiger partial charge in [0.2, 0.25) is 0 Å². The fourth-order valence-electron chi connectivity index (χ4n) is 1.89. The van der Waals surface area contributed by atoms with Gasteiger partial charge >= 0.3 is 24.0 Å². The van der Waals surface area contributed by atoms with Crippen molar-refractivity contribution in [1.29, 1.82) is 0 Å². The SMILES string of the molecule is CC(C)COC(=O)C(SCCCCC(F)(F)C(F)(F)C(F)(F)F)C(C)C. The molecule has 0 aromatic carbocycles. The number of alkyl halides is 7. The molecule has 26 heavy (non-hydrogen) atoms. The molecule has 2 nitrogen and oxygen atoms in total. The molecule has 10 heteroatoms. The van der Waals surface area contributed by atoms with Crippen LogP contribution in [-0.2, 0) is 9.53 Å². The summed E-state index contributed by atoms with van der Waals surface area (Å²) in [4.78, 5) is 12.0. The Morgan fingerprint density at radius 1 is 0.962 bits per heavy atom. The van der Waals surface area contributed by atoms with Gasteiger partial charge in [-0.05, 0) is 30.4 Å². The molecule has 0 bridgehead atoms. The Bertz CT molecular complexity index is 437. The maximum absolute atomic E-state index is 13.2. The Balaban J connectivity index is 4.44. The van der Waals surface area contributed by atoms with Crippen molar-refractivity contribution >= 4 is 17.7 Å². The summed E-state index contributed by atoms with van der Waals surface area (Å²) in [5, 5.41) is -0.550. The van der Waals surface area contributed by atoms with Crippen molar-refractivity contribution in [3.8, 4) is 0 Å². The Labute approximate surface area is 153 Å². The van der Waals surface area contributed by atoms with Gasteiger partial charge in [-0.15, -0.1) is 11.8 Å². The summed E-state index contributed by atoms with van der Waals surface area (Å²) < 4.78 is 93.1. The van der Waals surface area contributed by atoms with Gasteiger partial charge in [0.1, 0.15) is 5.25 Å². The lowest BCUT2D eigenvalue weighted by Crippen LogP contribution is -2.51. The Kier molecular flexibility index (Phi) is 9.77. The molecule has 0 fully saturated rings. The number of hydrogen-bond acceptors (Lipinski definition) is 3. The van der Waals surface area contributed by atoms with E-state index in [-0.39, 0.29) is 30.6 Å². The molecule has 0 aliphatic carbocycles. The van der Waals surface area contributed by atoms with Crippen LogP contribution in [0, 0.1) is 11.8 Å². The number of rotatable bonds is 11. The van der Waals surface area contributed by atoms with E-state index < -0.39 is 42.1 Å². The Morgan fingerprint density at radius 2 is 1.50 bits per heavy atom. The van der Waals surface area contributed by atoms with Crippen LogP contribution in [0.25, 0.3) is 0 Å². The normalized spacial score (nSPS) is 14.8. The van der Waals surface area contributed by atoms with Crippen LogP contribution >= 0.6 is 11.8 Å². The highest BCUT2D eigenvalue weighted by atomic mass is 32.2. The molecule has 0 heterocycles. The minimum Gasteiger partial charge on any atom is -0.465 e. The summed E-state index contributed by atoms with van der Waals surface area (Å²) in [6.07, 6.45) is -8.41. The largest absolute Gasteiger partial charge is 0.465 e. The maximum atomic E-state index is 13.2. The van der Waals surface area contributed by atoms with Crippen LogP contribution in [-0.4, -0.2) is 41.6 Å². The first-order valence-electron chi connectivity index (χ1n) is 8.24. The van der Waals surface area contributed by atoms with Gasteiger partial charge < -0.3 is 4.74 Å². The number of halogens is 7. The molecule has 0 amide bonds. The third-order valence-corrected chi connectivity index (χ3v) is 5.01. The van der Waals surface area contributed by atoms with Gasteiger partial charge in [-0.2, -0.15) is 30.7 Å². The van der Waals surface area contributed by atoms with Crippen LogP contribution in [0.4, 0.5) is 30.7 Å². The predicted molar refractivity (Wildman–Crippen MR) is 86.7 cm³/mol. The quantitative estimate of drug-likeness (QED) is 0.238. The average molecular weight is 414 g/mol. The zero-order valence-corrected chi connectivity index (χ0v) is 16.0. The number of carbonyl (C=O) groups is 1. The summed E-state index contributed by atoms with van der Waals surface area (Å²) in [6, 6.07) is 0. The van der Waals surface area contributed by atoms with Crippen molar-refractivity contribution in [2.45, 2.75) is 70.2 Å². The zero-order chi connectivity index (χ0) is 20.8. The maximum Gasteiger partial charge on any atom is 0.459 e. The summed E-state index contributed by atoms with van der Waals surface area (Å²) in [5.74, 6) is -11.5. The van der Waals surface area contributed by atoms with Crippen molar-refractivity contribution < 1.29 is 40.3 Å². The number of carbonyl (C=O) groups excluding carboxylic acids is 1. The molecule has 0 spiro atoms. The van der Waals surface area contributed by atoms with Crippen molar-refractivity contribution in [2.75, 3.05) is 12.4 Å². The minimum atomic E-state index is -6.30. The summed E-state index contributed by atoms with van der Waals surface area (Å²) in [7, 11) is 0. The van der Waals surface area contributed by atoms with Gasteiger partial charge in [0.05, 0.1) is 6.61 Å². The van der Waals surface area contributed by atoms with Crippen LogP contribution in [0.3, 0.4) is 0 Å². The highest BCUT2D eigenvalue weighted by Crippen LogP contribution is 2.48. The molecule has 0 saturated carbocycles. The van der Waals surface area contributed by atoms with E-state index in [1.165, 1.54) is 0 Å². The van der Waals surface area contributed by atoms with E-state index in [4.69, 9.17) is 4.74 Å². The molecular weight excluding hydrogens is 389 g/mol. The molecule has 1 unspecified atom stereocenters. The molecular formula is C16H25F7O2S. The highest BCUT2D eigenvalue weighted by Gasteiger charge is 2.72. The molecule has 0 N–H and O–H groups in total. The topological polar surface area (TPSA) is 26.3 Å². The van der Waals surface area contributed by atoms with Gasteiger partial charge in [0.25, 0.3) is 0 Å². The second kappa shape index (κ2) is 10.0. The lowest BCUT2D eigenvalue weighted by atomic mass is 10.0. The van der Waals surface area contributed by atoms with E-state index in [1.807, 2.05) is 13.8 Å². The zero-order valence-electron chi connectivity index (χ0n) is 15.1. The lowest BCUT2D eigenvalue weighted by Gasteiger charge is -2.28. The van der Waals surface area contributed by atoms with Crippen molar-refractivity contribution in [3.05, 3.63) is 0 Å². The van der Waals surface area contributed by atoms with E-state index in [0.717, 1.165) is 11.8 Å². The van der Waals surface area contributed by atoms with E-state index in [1.54, 1.807) is 13.8 Å². The summed E-state index contributed by atoms with van der Waals surface area (Å²) in [6.45, 7) is 7.50. The number of hydrogen-bond donors (Lipinski definition) is 0. The van der Waals surface area contributed by atoms with Crippen LogP contribution < -0.4 is 0 Å².